The second-order valence-corrected chi connectivity index (χ2v) is 4.83. The molecule has 0 heteroatoms. The van der Waals surface area contributed by atoms with Crippen LogP contribution in [0.2, 0.25) is 0 Å². The van der Waals surface area contributed by atoms with Crippen LogP contribution in [0.1, 0.15) is 12.0 Å². The summed E-state index contributed by atoms with van der Waals surface area (Å²) in [5.41, 5.74) is 3.97. The van der Waals surface area contributed by atoms with E-state index >= 15 is 0 Å². The van der Waals surface area contributed by atoms with Gasteiger partial charge >= 0.3 is 0 Å². The topological polar surface area (TPSA) is 0 Å². The van der Waals surface area contributed by atoms with Gasteiger partial charge in [0.1, 0.15) is 0 Å². The van der Waals surface area contributed by atoms with E-state index in [0.29, 0.717) is 0 Å². The zero-order valence-electron chi connectivity index (χ0n) is 11.0. The minimum absolute atomic E-state index is 0.933. The molecule has 0 aliphatic heterocycles. The Hall–Kier alpha value is -2.08. The molecule has 0 aliphatic rings. The number of hydrogen-bond donors (Lipinski definition) is 0. The summed E-state index contributed by atoms with van der Waals surface area (Å²) in [5.74, 6) is 0. The quantitative estimate of drug-likeness (QED) is 0.589. The molecule has 0 heterocycles. The zero-order valence-corrected chi connectivity index (χ0v) is 11.0. The fourth-order valence-electron chi connectivity index (χ4n) is 2.58. The smallest absolute Gasteiger partial charge is 0.0151 e. The molecule has 0 atom stereocenters. The Morgan fingerprint density at radius 1 is 0.737 bits per heavy atom. The van der Waals surface area contributed by atoms with Gasteiger partial charge in [-0.2, -0.15) is 0 Å². The molecule has 0 aliphatic carbocycles. The molecule has 0 amide bonds. The largest absolute Gasteiger partial charge is 0.0622 e. The van der Waals surface area contributed by atoms with E-state index < -0.39 is 0 Å². The molecule has 1 radical (unpaired) electrons. The maximum atomic E-state index is 3.99. The molecule has 0 fully saturated rings. The van der Waals surface area contributed by atoms with Crippen LogP contribution in [0, 0.1) is 6.92 Å². The highest BCUT2D eigenvalue weighted by Crippen LogP contribution is 2.28. The lowest BCUT2D eigenvalue weighted by atomic mass is 9.95. The van der Waals surface area contributed by atoms with Crippen molar-refractivity contribution in [3.8, 4) is 11.1 Å². The van der Waals surface area contributed by atoms with Crippen LogP contribution in [0.25, 0.3) is 21.9 Å². The molecule has 0 saturated carbocycles. The molecule has 3 rings (SSSR count). The Kier molecular flexibility index (Phi) is 3.33. The van der Waals surface area contributed by atoms with Crippen LogP contribution in [0.3, 0.4) is 0 Å². The molecule has 19 heavy (non-hydrogen) atoms. The molecule has 0 spiro atoms. The van der Waals surface area contributed by atoms with Crippen molar-refractivity contribution in [2.75, 3.05) is 0 Å². The van der Waals surface area contributed by atoms with Crippen LogP contribution in [0.5, 0.6) is 0 Å². The van der Waals surface area contributed by atoms with E-state index in [1.165, 1.54) is 27.5 Å². The average Bonchev–Trinajstić information content (AvgIpc) is 2.48. The van der Waals surface area contributed by atoms with Gasteiger partial charge in [-0.1, -0.05) is 67.6 Å². The van der Waals surface area contributed by atoms with E-state index in [1.807, 2.05) is 0 Å². The van der Waals surface area contributed by atoms with Gasteiger partial charge in [0.05, 0.1) is 0 Å². The Labute approximate surface area is 114 Å². The average molecular weight is 245 g/mol. The molecule has 3 aromatic carbocycles. The van der Waals surface area contributed by atoms with Crippen LogP contribution in [0.4, 0.5) is 0 Å². The Morgan fingerprint density at radius 3 is 2.26 bits per heavy atom. The molecule has 93 valence electrons. The number of fused-ring (bicyclic) bond motifs is 1. The van der Waals surface area contributed by atoms with Crippen LogP contribution in [-0.4, -0.2) is 0 Å². The van der Waals surface area contributed by atoms with E-state index in [9.17, 15) is 0 Å². The second-order valence-electron chi connectivity index (χ2n) is 4.83. The summed E-state index contributed by atoms with van der Waals surface area (Å²) < 4.78 is 0. The van der Waals surface area contributed by atoms with Crippen molar-refractivity contribution < 1.29 is 0 Å². The van der Waals surface area contributed by atoms with Gasteiger partial charge in [-0.3, -0.25) is 0 Å². The van der Waals surface area contributed by atoms with Crippen molar-refractivity contribution in [1.82, 2.24) is 0 Å². The maximum absolute atomic E-state index is 3.99. The first-order chi connectivity index (χ1) is 9.38. The van der Waals surface area contributed by atoms with Crippen molar-refractivity contribution in [2.45, 2.75) is 12.8 Å². The highest BCUT2D eigenvalue weighted by atomic mass is 14.1. The zero-order chi connectivity index (χ0) is 13.1. The van der Waals surface area contributed by atoms with Gasteiger partial charge in [0.25, 0.3) is 0 Å². The van der Waals surface area contributed by atoms with Gasteiger partial charge in [-0.15, -0.1) is 0 Å². The molecule has 0 aromatic heterocycles. The highest BCUT2D eigenvalue weighted by molar-refractivity contribution is 5.90. The first-order valence-corrected chi connectivity index (χ1v) is 6.75. The van der Waals surface area contributed by atoms with E-state index in [-0.39, 0.29) is 0 Å². The Morgan fingerprint density at radius 2 is 1.47 bits per heavy atom. The summed E-state index contributed by atoms with van der Waals surface area (Å²) in [4.78, 5) is 0. The Balaban J connectivity index is 2.22. The summed E-state index contributed by atoms with van der Waals surface area (Å²) in [7, 11) is 0. The van der Waals surface area contributed by atoms with Gasteiger partial charge in [0.2, 0.25) is 0 Å². The molecular formula is C19H17. The molecule has 3 aromatic rings. The van der Waals surface area contributed by atoms with E-state index in [2.05, 4.69) is 73.7 Å². The minimum Gasteiger partial charge on any atom is -0.0622 e. The fraction of sp³-hybridized carbons (Fsp3) is 0.105. The number of rotatable bonds is 3. The molecule has 0 nitrogen and oxygen atoms in total. The third-order valence-corrected chi connectivity index (χ3v) is 3.50. The summed E-state index contributed by atoms with van der Waals surface area (Å²) >= 11 is 0. The third-order valence-electron chi connectivity index (χ3n) is 3.50. The predicted molar refractivity (Wildman–Crippen MR) is 83.1 cm³/mol. The van der Waals surface area contributed by atoms with Crippen molar-refractivity contribution in [2.24, 2.45) is 0 Å². The second kappa shape index (κ2) is 5.27. The van der Waals surface area contributed by atoms with Gasteiger partial charge in [-0.25, -0.2) is 0 Å². The van der Waals surface area contributed by atoms with Crippen LogP contribution in [-0.2, 0) is 6.42 Å². The lowest BCUT2D eigenvalue weighted by molar-refractivity contribution is 1.01. The summed E-state index contributed by atoms with van der Waals surface area (Å²) in [6.45, 7) is 3.99. The van der Waals surface area contributed by atoms with Crippen molar-refractivity contribution >= 4 is 10.8 Å². The number of aryl methyl sites for hydroxylation is 1. The van der Waals surface area contributed by atoms with Gasteiger partial charge in [0, 0.05) is 0 Å². The first kappa shape index (κ1) is 12.0. The summed E-state index contributed by atoms with van der Waals surface area (Å²) in [5, 5.41) is 2.66. The van der Waals surface area contributed by atoms with Crippen molar-refractivity contribution in [3.63, 3.8) is 0 Å². The first-order valence-electron chi connectivity index (χ1n) is 6.75. The highest BCUT2D eigenvalue weighted by Gasteiger charge is 2.04. The lowest BCUT2D eigenvalue weighted by Crippen LogP contribution is -1.88. The Bertz CT molecular complexity index is 681. The standard InChI is InChI=1S/C19H17/c1-2-8-16-13-18(15-9-4-3-5-10-15)14-17-11-6-7-12-19(16)17/h3-7,9-14H,1-2,8H2. The van der Waals surface area contributed by atoms with Gasteiger partial charge < -0.3 is 0 Å². The van der Waals surface area contributed by atoms with Crippen LogP contribution in [0.15, 0.2) is 66.7 Å². The summed E-state index contributed by atoms with van der Waals surface area (Å²) in [6, 6.07) is 23.8. The minimum atomic E-state index is 0.933. The SMILES string of the molecule is [CH2]CCc1cc(-c2ccccc2)cc2ccccc12. The number of hydrogen-bond acceptors (Lipinski definition) is 0. The lowest BCUT2D eigenvalue weighted by Gasteiger charge is -2.10. The molecule has 0 N–H and O–H groups in total. The van der Waals surface area contributed by atoms with E-state index in [1.54, 1.807) is 0 Å². The van der Waals surface area contributed by atoms with Gasteiger partial charge in [0.15, 0.2) is 0 Å². The predicted octanol–water partition coefficient (Wildman–Crippen LogP) is 5.27. The van der Waals surface area contributed by atoms with Crippen molar-refractivity contribution in [3.05, 3.63) is 79.2 Å². The van der Waals surface area contributed by atoms with E-state index in [0.717, 1.165) is 12.8 Å². The molecule has 0 saturated heterocycles. The van der Waals surface area contributed by atoms with Crippen LogP contribution >= 0.6 is 0 Å². The maximum Gasteiger partial charge on any atom is -0.0151 e. The molecule has 0 unspecified atom stereocenters. The van der Waals surface area contributed by atoms with Gasteiger partial charge in [-0.05, 0) is 46.4 Å². The van der Waals surface area contributed by atoms with E-state index in [4.69, 9.17) is 0 Å². The summed E-state index contributed by atoms with van der Waals surface area (Å²) in [6.07, 6.45) is 1.96. The van der Waals surface area contributed by atoms with Crippen LogP contribution < -0.4 is 0 Å². The monoisotopic (exact) mass is 245 g/mol. The normalized spacial score (nSPS) is 10.8. The molecule has 0 bridgehead atoms. The third kappa shape index (κ3) is 2.39. The number of benzene rings is 3. The van der Waals surface area contributed by atoms with Crippen molar-refractivity contribution in [1.29, 1.82) is 0 Å². The molecular weight excluding hydrogens is 228 g/mol. The fourth-order valence-corrected chi connectivity index (χ4v) is 2.58.